The van der Waals surface area contributed by atoms with Crippen LogP contribution in [-0.4, -0.2) is 23.7 Å². The van der Waals surface area contributed by atoms with Crippen molar-refractivity contribution in [3.05, 3.63) is 0 Å². The van der Waals surface area contributed by atoms with E-state index in [-0.39, 0.29) is 11.4 Å². The Kier molecular flexibility index (Phi) is 25.0. The van der Waals surface area contributed by atoms with Crippen LogP contribution in [-0.2, 0) is 14.3 Å². The molecule has 0 aliphatic carbocycles. The fourth-order valence-corrected chi connectivity index (χ4v) is 6.64. The fraction of sp³-hybridized carbons (Fsp3) is 0.944. The summed E-state index contributed by atoms with van der Waals surface area (Å²) in [5.74, 6) is 0.933. The van der Waals surface area contributed by atoms with E-state index in [1.54, 1.807) is 0 Å². The molecule has 0 saturated heterocycles. The van der Waals surface area contributed by atoms with Crippen molar-refractivity contribution in [3.8, 4) is 0 Å². The molecule has 0 saturated carbocycles. The molecule has 0 aromatic carbocycles. The number of esters is 1. The molecule has 4 heteroatoms. The zero-order valence-electron chi connectivity index (χ0n) is 27.9. The van der Waals surface area contributed by atoms with Gasteiger partial charge in [-0.25, -0.2) is 0 Å². The minimum atomic E-state index is -0.674. The summed E-state index contributed by atoms with van der Waals surface area (Å²) in [6, 6.07) is 0. The molecule has 0 radical (unpaired) electrons. The normalized spacial score (nSPS) is 15.3. The van der Waals surface area contributed by atoms with E-state index in [0.717, 1.165) is 64.2 Å². The van der Waals surface area contributed by atoms with Gasteiger partial charge in [0.15, 0.2) is 0 Å². The Balaban J connectivity index is 4.99. The summed E-state index contributed by atoms with van der Waals surface area (Å²) < 4.78 is 6.23. The summed E-state index contributed by atoms with van der Waals surface area (Å²) in [4.78, 5) is 24.6. The topological polar surface area (TPSA) is 63.6 Å². The summed E-state index contributed by atoms with van der Waals surface area (Å²) in [5.41, 5.74) is -0.340. The summed E-state index contributed by atoms with van der Waals surface area (Å²) in [5, 5.41) is 8.73. The van der Waals surface area contributed by atoms with Gasteiger partial charge in [0.2, 0.25) is 0 Å². The third kappa shape index (κ3) is 17.0. The molecule has 1 N–H and O–H groups in total. The minimum Gasteiger partial charge on any atom is -0.481 e. The van der Waals surface area contributed by atoms with Crippen molar-refractivity contribution in [1.82, 2.24) is 0 Å². The molecular weight excluding hydrogens is 496 g/mol. The first-order chi connectivity index (χ1) is 19.3. The number of hydrogen-bond donors (Lipinski definition) is 1. The number of rotatable bonds is 29. The molecule has 0 aliphatic heterocycles. The van der Waals surface area contributed by atoms with Crippen LogP contribution in [0.25, 0.3) is 0 Å². The van der Waals surface area contributed by atoms with Gasteiger partial charge in [-0.15, -0.1) is 0 Å². The lowest BCUT2D eigenvalue weighted by atomic mass is 9.64. The zero-order valence-corrected chi connectivity index (χ0v) is 27.9. The molecule has 0 amide bonds. The van der Waals surface area contributed by atoms with Crippen molar-refractivity contribution < 1.29 is 19.4 Å². The number of hydrogen-bond acceptors (Lipinski definition) is 3. The predicted molar refractivity (Wildman–Crippen MR) is 172 cm³/mol. The van der Waals surface area contributed by atoms with Gasteiger partial charge in [0.1, 0.15) is 0 Å². The van der Waals surface area contributed by atoms with Gasteiger partial charge in [0.25, 0.3) is 0 Å². The standard InChI is InChI=1S/C36H70O4/c1-7-13-25-31(9-3)29-36(12-6,35(39)40-30-32(10-4)26-14-8-2)33(11-5)27-23-21-19-17-15-16-18-20-22-24-28-34(37)38/h31-33H,7-30H2,1-6H3,(H,37,38). The summed E-state index contributed by atoms with van der Waals surface area (Å²) >= 11 is 0. The molecule has 0 bridgehead atoms. The molecule has 0 aromatic heterocycles. The first kappa shape index (κ1) is 38.9. The number of ether oxygens (including phenoxy) is 1. The van der Waals surface area contributed by atoms with Gasteiger partial charge in [0, 0.05) is 6.42 Å². The Bertz CT molecular complexity index is 604. The first-order valence-electron chi connectivity index (χ1n) is 17.7. The fourth-order valence-electron chi connectivity index (χ4n) is 6.64. The Morgan fingerprint density at radius 3 is 1.57 bits per heavy atom. The molecule has 0 aliphatic rings. The molecule has 4 nitrogen and oxygen atoms in total. The van der Waals surface area contributed by atoms with E-state index < -0.39 is 5.97 Å². The van der Waals surface area contributed by atoms with Crippen LogP contribution in [0.4, 0.5) is 0 Å². The van der Waals surface area contributed by atoms with Gasteiger partial charge >= 0.3 is 11.9 Å². The highest BCUT2D eigenvalue weighted by Gasteiger charge is 2.45. The van der Waals surface area contributed by atoms with Crippen LogP contribution >= 0.6 is 0 Å². The highest BCUT2D eigenvalue weighted by Crippen LogP contribution is 2.45. The maximum Gasteiger partial charge on any atom is 0.312 e. The molecule has 4 unspecified atom stereocenters. The van der Waals surface area contributed by atoms with Crippen molar-refractivity contribution >= 4 is 11.9 Å². The van der Waals surface area contributed by atoms with E-state index in [1.807, 2.05) is 0 Å². The number of carbonyl (C=O) groups is 2. The van der Waals surface area contributed by atoms with E-state index >= 15 is 0 Å². The average Bonchev–Trinajstić information content (AvgIpc) is 2.96. The highest BCUT2D eigenvalue weighted by molar-refractivity contribution is 5.77. The van der Waals surface area contributed by atoms with Crippen molar-refractivity contribution in [2.24, 2.45) is 23.2 Å². The van der Waals surface area contributed by atoms with E-state index in [1.165, 1.54) is 77.0 Å². The van der Waals surface area contributed by atoms with Crippen LogP contribution in [0.15, 0.2) is 0 Å². The van der Waals surface area contributed by atoms with E-state index in [2.05, 4.69) is 41.5 Å². The molecule has 238 valence electrons. The SMILES string of the molecule is CCCCC(CC)COC(=O)C(CC)(CC(CC)CCCC)C(CC)CCCCCCCCCCCCC(=O)O. The van der Waals surface area contributed by atoms with Crippen molar-refractivity contribution in [2.45, 2.75) is 189 Å². The molecule has 0 spiro atoms. The Labute approximate surface area is 250 Å². The smallest absolute Gasteiger partial charge is 0.312 e. The highest BCUT2D eigenvalue weighted by atomic mass is 16.5. The Hall–Kier alpha value is -1.06. The lowest BCUT2D eigenvalue weighted by Gasteiger charge is -2.40. The summed E-state index contributed by atoms with van der Waals surface area (Å²) in [6.45, 7) is 14.2. The molecule has 0 heterocycles. The van der Waals surface area contributed by atoms with E-state index in [4.69, 9.17) is 9.84 Å². The van der Waals surface area contributed by atoms with Crippen LogP contribution < -0.4 is 0 Å². The molecule has 4 atom stereocenters. The lowest BCUT2D eigenvalue weighted by Crippen LogP contribution is -2.42. The average molecular weight is 567 g/mol. The third-order valence-electron chi connectivity index (χ3n) is 9.69. The molecule has 0 rings (SSSR count). The number of carbonyl (C=O) groups excluding carboxylic acids is 1. The Morgan fingerprint density at radius 1 is 0.625 bits per heavy atom. The Morgan fingerprint density at radius 2 is 1.12 bits per heavy atom. The number of unbranched alkanes of at least 4 members (excludes halogenated alkanes) is 11. The zero-order chi connectivity index (χ0) is 30.1. The summed E-state index contributed by atoms with van der Waals surface area (Å²) in [7, 11) is 0. The molecule has 40 heavy (non-hydrogen) atoms. The second-order valence-corrected chi connectivity index (χ2v) is 12.7. The van der Waals surface area contributed by atoms with Crippen LogP contribution in [0.5, 0.6) is 0 Å². The largest absolute Gasteiger partial charge is 0.481 e. The number of carboxylic acid groups (broad SMARTS) is 1. The second-order valence-electron chi connectivity index (χ2n) is 12.7. The monoisotopic (exact) mass is 567 g/mol. The number of carboxylic acids is 1. The van der Waals surface area contributed by atoms with Gasteiger partial charge in [0.05, 0.1) is 12.0 Å². The van der Waals surface area contributed by atoms with Crippen LogP contribution in [0.3, 0.4) is 0 Å². The van der Waals surface area contributed by atoms with Gasteiger partial charge < -0.3 is 9.84 Å². The van der Waals surface area contributed by atoms with Crippen molar-refractivity contribution in [3.63, 3.8) is 0 Å². The minimum absolute atomic E-state index is 0.107. The third-order valence-corrected chi connectivity index (χ3v) is 9.69. The van der Waals surface area contributed by atoms with Crippen molar-refractivity contribution in [2.75, 3.05) is 6.61 Å². The maximum absolute atomic E-state index is 14.0. The molecule has 0 fully saturated rings. The summed E-state index contributed by atoms with van der Waals surface area (Å²) in [6.07, 6.45) is 25.8. The van der Waals surface area contributed by atoms with Crippen LogP contribution in [0.2, 0.25) is 0 Å². The van der Waals surface area contributed by atoms with Crippen LogP contribution in [0, 0.1) is 23.2 Å². The van der Waals surface area contributed by atoms with Gasteiger partial charge in [-0.05, 0) is 49.9 Å². The molecule has 0 aromatic rings. The predicted octanol–water partition coefficient (Wildman–Crippen LogP) is 11.5. The van der Waals surface area contributed by atoms with E-state index in [0.29, 0.717) is 30.8 Å². The lowest BCUT2D eigenvalue weighted by molar-refractivity contribution is -0.164. The van der Waals surface area contributed by atoms with Crippen LogP contribution in [0.1, 0.15) is 189 Å². The molecular formula is C36H70O4. The van der Waals surface area contributed by atoms with Gasteiger partial charge in [-0.1, -0.05) is 151 Å². The first-order valence-corrected chi connectivity index (χ1v) is 17.7. The quantitative estimate of drug-likeness (QED) is 0.0722. The maximum atomic E-state index is 14.0. The van der Waals surface area contributed by atoms with Gasteiger partial charge in [-0.3, -0.25) is 9.59 Å². The van der Waals surface area contributed by atoms with Gasteiger partial charge in [-0.2, -0.15) is 0 Å². The second kappa shape index (κ2) is 25.6. The van der Waals surface area contributed by atoms with Crippen molar-refractivity contribution in [1.29, 1.82) is 0 Å². The number of aliphatic carboxylic acids is 1. The van der Waals surface area contributed by atoms with E-state index in [9.17, 15) is 9.59 Å².